The van der Waals surface area contributed by atoms with Gasteiger partial charge in [-0.25, -0.2) is 0 Å². The van der Waals surface area contributed by atoms with Gasteiger partial charge in [0.25, 0.3) is 5.69 Å². The lowest BCUT2D eigenvalue weighted by molar-refractivity contribution is -0.384. The Morgan fingerprint density at radius 3 is 2.38 bits per heavy atom. The minimum Gasteiger partial charge on any atom is -0.368 e. The van der Waals surface area contributed by atoms with Gasteiger partial charge in [-0.3, -0.25) is 14.7 Å². The molecule has 1 heterocycles. The molecule has 0 aliphatic heterocycles. The van der Waals surface area contributed by atoms with Crippen LogP contribution in [-0.4, -0.2) is 24.1 Å². The number of anilines is 1. The number of benzene rings is 2. The Morgan fingerprint density at radius 1 is 1.12 bits per heavy atom. The molecule has 0 amide bonds. The van der Waals surface area contributed by atoms with Crippen molar-refractivity contribution in [3.63, 3.8) is 0 Å². The molecule has 0 fully saturated rings. The maximum absolute atomic E-state index is 13.1. The predicted molar refractivity (Wildman–Crippen MR) is 99.4 cm³/mol. The molecule has 1 unspecified atom stereocenters. The highest BCUT2D eigenvalue weighted by atomic mass is 31.2. The smallest absolute Gasteiger partial charge is 0.356 e. The maximum atomic E-state index is 13.1. The summed E-state index contributed by atoms with van der Waals surface area (Å²) in [5.41, 5.74) is 2.13. The Morgan fingerprint density at radius 2 is 1.77 bits per heavy atom. The number of fused-ring (bicyclic) bond motifs is 1. The Kier molecular flexibility index (Phi) is 5.08. The highest BCUT2D eigenvalue weighted by molar-refractivity contribution is 7.54. The molecule has 0 saturated heterocycles. The molecule has 2 aromatic carbocycles. The first kappa shape index (κ1) is 18.1. The lowest BCUT2D eigenvalue weighted by atomic mass is 10.1. The Labute approximate surface area is 149 Å². The average Bonchev–Trinajstić information content (AvgIpc) is 3.09. The highest BCUT2D eigenvalue weighted by Crippen LogP contribution is 2.60. The number of aromatic amines is 1. The van der Waals surface area contributed by atoms with Crippen molar-refractivity contribution < 1.29 is 18.5 Å². The summed E-state index contributed by atoms with van der Waals surface area (Å²) in [5.74, 6) is -0.796. The summed E-state index contributed by atoms with van der Waals surface area (Å²) >= 11 is 0. The van der Waals surface area contributed by atoms with Gasteiger partial charge in [-0.2, -0.15) is 0 Å². The number of nitro benzene ring substituents is 1. The summed E-state index contributed by atoms with van der Waals surface area (Å²) < 4.78 is 23.6. The lowest BCUT2D eigenvalue weighted by Gasteiger charge is -2.26. The van der Waals surface area contributed by atoms with E-state index in [1.165, 1.54) is 26.4 Å². The van der Waals surface area contributed by atoms with Crippen molar-refractivity contribution >= 4 is 29.9 Å². The molecular weight excluding hydrogens is 357 g/mol. The molecule has 2 N–H and O–H groups in total. The van der Waals surface area contributed by atoms with E-state index < -0.39 is 18.3 Å². The van der Waals surface area contributed by atoms with Crippen molar-refractivity contribution in [1.82, 2.24) is 4.98 Å². The second-order valence-electron chi connectivity index (χ2n) is 5.55. The molecule has 9 heteroatoms. The Bertz CT molecular complexity index is 962. The fraction of sp³-hybridized carbons (Fsp3) is 0.176. The topological polar surface area (TPSA) is 106 Å². The van der Waals surface area contributed by atoms with Crippen LogP contribution in [0.5, 0.6) is 0 Å². The van der Waals surface area contributed by atoms with Gasteiger partial charge in [0.1, 0.15) is 0 Å². The number of hydrogen-bond donors (Lipinski definition) is 2. The second-order valence-corrected chi connectivity index (χ2v) is 7.87. The molecule has 0 bridgehead atoms. The first-order valence-electron chi connectivity index (χ1n) is 7.76. The van der Waals surface area contributed by atoms with E-state index in [1.54, 1.807) is 18.3 Å². The monoisotopic (exact) mass is 375 g/mol. The average molecular weight is 375 g/mol. The van der Waals surface area contributed by atoms with E-state index in [9.17, 15) is 14.7 Å². The van der Waals surface area contributed by atoms with Gasteiger partial charge in [0.15, 0.2) is 5.78 Å². The predicted octanol–water partition coefficient (Wildman–Crippen LogP) is 4.67. The quantitative estimate of drug-likeness (QED) is 0.353. The van der Waals surface area contributed by atoms with Crippen LogP contribution in [0.1, 0.15) is 11.3 Å². The van der Waals surface area contributed by atoms with E-state index >= 15 is 0 Å². The van der Waals surface area contributed by atoms with Gasteiger partial charge in [0.2, 0.25) is 0 Å². The molecular formula is C17H18N3O5P. The second kappa shape index (κ2) is 7.29. The summed E-state index contributed by atoms with van der Waals surface area (Å²) in [6, 6.07) is 13.4. The van der Waals surface area contributed by atoms with Gasteiger partial charge >= 0.3 is 7.60 Å². The number of aromatic nitrogens is 1. The summed E-state index contributed by atoms with van der Waals surface area (Å²) in [6.45, 7) is 0. The van der Waals surface area contributed by atoms with Gasteiger partial charge in [-0.1, -0.05) is 18.2 Å². The van der Waals surface area contributed by atoms with Gasteiger partial charge in [0.05, 0.1) is 4.92 Å². The van der Waals surface area contributed by atoms with Crippen LogP contribution in [0, 0.1) is 10.1 Å². The zero-order valence-electron chi connectivity index (χ0n) is 14.2. The fourth-order valence-electron chi connectivity index (χ4n) is 2.77. The van der Waals surface area contributed by atoms with Crippen molar-refractivity contribution in [2.75, 3.05) is 19.5 Å². The first-order chi connectivity index (χ1) is 12.5. The van der Waals surface area contributed by atoms with Crippen LogP contribution in [0.2, 0.25) is 0 Å². The lowest BCUT2D eigenvalue weighted by Crippen LogP contribution is -2.13. The standard InChI is InChI=1S/C17H18N3O5P/c1-24-26(23,25-2)17(15-11-18-16-6-4-3-5-14(15)16)19-12-7-9-13(10-8-12)20(21)22/h3-11,17-19H,1-2H3. The zero-order chi connectivity index (χ0) is 18.7. The van der Waals surface area contributed by atoms with Crippen molar-refractivity contribution in [2.45, 2.75) is 5.78 Å². The number of non-ortho nitro benzene ring substituents is 1. The van der Waals surface area contributed by atoms with Gasteiger partial charge in [-0.15, -0.1) is 0 Å². The number of nitrogens with one attached hydrogen (secondary N) is 2. The molecule has 8 nitrogen and oxygen atoms in total. The molecule has 0 aliphatic carbocycles. The normalized spacial score (nSPS) is 12.8. The van der Waals surface area contributed by atoms with E-state index in [1.807, 2.05) is 24.3 Å². The van der Waals surface area contributed by atoms with Crippen LogP contribution >= 0.6 is 7.60 Å². The van der Waals surface area contributed by atoms with Crippen molar-refractivity contribution in [2.24, 2.45) is 0 Å². The number of nitro groups is 1. The van der Waals surface area contributed by atoms with E-state index in [-0.39, 0.29) is 5.69 Å². The summed E-state index contributed by atoms with van der Waals surface area (Å²) in [6.07, 6.45) is 1.75. The van der Waals surface area contributed by atoms with E-state index in [0.717, 1.165) is 10.9 Å². The van der Waals surface area contributed by atoms with Crippen molar-refractivity contribution in [3.8, 4) is 0 Å². The third kappa shape index (κ3) is 3.35. The van der Waals surface area contributed by atoms with Crippen LogP contribution in [0.3, 0.4) is 0 Å². The van der Waals surface area contributed by atoms with E-state index in [2.05, 4.69) is 10.3 Å². The number of rotatable bonds is 7. The first-order valence-corrected chi connectivity index (χ1v) is 9.38. The molecule has 0 saturated carbocycles. The molecule has 3 aromatic rings. The fourth-order valence-corrected chi connectivity index (χ4v) is 4.20. The SMILES string of the molecule is COP(=O)(OC)C(Nc1ccc([N+](=O)[O-])cc1)c1c[nH]c2ccccc12. The third-order valence-corrected chi connectivity index (χ3v) is 6.18. The number of nitrogens with zero attached hydrogens (tertiary/aromatic N) is 1. The van der Waals surface area contributed by atoms with Gasteiger partial charge in [-0.05, 0) is 18.2 Å². The van der Waals surface area contributed by atoms with E-state index in [0.29, 0.717) is 11.3 Å². The van der Waals surface area contributed by atoms with Crippen molar-refractivity contribution in [1.29, 1.82) is 0 Å². The molecule has 26 heavy (non-hydrogen) atoms. The minimum absolute atomic E-state index is 0.0270. The Hall–Kier alpha value is -2.67. The Balaban J connectivity index is 2.04. The number of hydrogen-bond acceptors (Lipinski definition) is 6. The third-order valence-electron chi connectivity index (χ3n) is 4.12. The highest BCUT2D eigenvalue weighted by Gasteiger charge is 2.37. The van der Waals surface area contributed by atoms with Crippen LogP contribution in [0.25, 0.3) is 10.9 Å². The largest absolute Gasteiger partial charge is 0.368 e. The van der Waals surface area contributed by atoms with Gasteiger partial charge < -0.3 is 19.3 Å². The molecule has 136 valence electrons. The number of para-hydroxylation sites is 1. The molecule has 1 aromatic heterocycles. The molecule has 3 rings (SSSR count). The summed E-state index contributed by atoms with van der Waals surface area (Å²) in [4.78, 5) is 13.5. The molecule has 0 radical (unpaired) electrons. The summed E-state index contributed by atoms with van der Waals surface area (Å²) in [7, 11) is -0.900. The van der Waals surface area contributed by atoms with Crippen LogP contribution in [0.15, 0.2) is 54.7 Å². The molecule has 0 spiro atoms. The van der Waals surface area contributed by atoms with Crippen LogP contribution in [-0.2, 0) is 13.6 Å². The van der Waals surface area contributed by atoms with Crippen LogP contribution < -0.4 is 5.32 Å². The number of H-pyrrole nitrogens is 1. The van der Waals surface area contributed by atoms with Crippen LogP contribution in [0.4, 0.5) is 11.4 Å². The summed E-state index contributed by atoms with van der Waals surface area (Å²) in [5, 5.41) is 14.8. The van der Waals surface area contributed by atoms with Gasteiger partial charge in [0, 0.05) is 54.7 Å². The zero-order valence-corrected chi connectivity index (χ0v) is 15.1. The maximum Gasteiger partial charge on any atom is 0.356 e. The van der Waals surface area contributed by atoms with E-state index in [4.69, 9.17) is 9.05 Å². The molecule has 1 atom stereocenters. The molecule has 0 aliphatic rings. The minimum atomic E-state index is -3.55. The van der Waals surface area contributed by atoms with Crippen molar-refractivity contribution in [3.05, 3.63) is 70.4 Å².